The van der Waals surface area contributed by atoms with Crippen LogP contribution in [0.5, 0.6) is 0 Å². The van der Waals surface area contributed by atoms with Gasteiger partial charge in [0.25, 0.3) is 0 Å². The number of nitrogens with zero attached hydrogens (tertiary/aromatic N) is 4. The molecular weight excluding hydrogens is 244 g/mol. The summed E-state index contributed by atoms with van der Waals surface area (Å²) in [5, 5.41) is 8.43. The van der Waals surface area contributed by atoms with Crippen molar-refractivity contribution in [1.82, 2.24) is 19.3 Å². The molecule has 0 saturated carbocycles. The summed E-state index contributed by atoms with van der Waals surface area (Å²) in [7, 11) is 0. The van der Waals surface area contributed by atoms with Crippen molar-refractivity contribution in [2.75, 3.05) is 0 Å². The average molecular weight is 270 g/mol. The highest BCUT2D eigenvalue weighted by atomic mass is 32.2. The van der Waals surface area contributed by atoms with E-state index in [4.69, 9.17) is 0 Å². The fourth-order valence-electron chi connectivity index (χ4n) is 2.62. The van der Waals surface area contributed by atoms with Gasteiger partial charge in [0.05, 0.1) is 12.4 Å². The van der Waals surface area contributed by atoms with Crippen molar-refractivity contribution >= 4 is 11.9 Å². The van der Waals surface area contributed by atoms with Crippen LogP contribution in [0, 0.1) is 0 Å². The third kappa shape index (κ3) is 3.99. The third-order valence-corrected chi connectivity index (χ3v) is 4.66. The van der Waals surface area contributed by atoms with Crippen molar-refractivity contribution in [3.05, 3.63) is 12.4 Å². The maximum absolute atomic E-state index is 4.05. The zero-order valence-electron chi connectivity index (χ0n) is 12.4. The summed E-state index contributed by atoms with van der Waals surface area (Å²) in [6, 6.07) is 1.64. The molecule has 0 fully saturated rings. The Morgan fingerprint density at radius 1 is 1.17 bits per heavy atom. The van der Waals surface area contributed by atoms with E-state index < -0.39 is 0 Å². The molecule has 2 atom stereocenters. The van der Waals surface area contributed by atoms with Crippen molar-refractivity contribution in [2.24, 2.45) is 0 Å². The lowest BCUT2D eigenvalue weighted by atomic mass is 10.1. The summed E-state index contributed by atoms with van der Waals surface area (Å²) in [6.45, 7) is 13.6. The first-order valence-electron chi connectivity index (χ1n) is 6.78. The van der Waals surface area contributed by atoms with Gasteiger partial charge in [0.1, 0.15) is 0 Å². The Balaban J connectivity index is 2.73. The Bertz CT molecular complexity index is 316. The molecule has 4 nitrogen and oxygen atoms in total. The van der Waals surface area contributed by atoms with Gasteiger partial charge in [-0.15, -0.1) is 5.10 Å². The molecule has 0 N–H and O–H groups in total. The van der Waals surface area contributed by atoms with Crippen molar-refractivity contribution in [3.8, 4) is 0 Å². The van der Waals surface area contributed by atoms with Gasteiger partial charge < -0.3 is 0 Å². The Morgan fingerprint density at radius 2 is 1.78 bits per heavy atom. The lowest BCUT2D eigenvalue weighted by molar-refractivity contribution is 0.119. The second-order valence-electron chi connectivity index (χ2n) is 5.23. The van der Waals surface area contributed by atoms with E-state index in [9.17, 15) is 0 Å². The van der Waals surface area contributed by atoms with Crippen LogP contribution >= 0.6 is 11.9 Å². The van der Waals surface area contributed by atoms with Gasteiger partial charge in [-0.25, -0.2) is 0 Å². The van der Waals surface area contributed by atoms with Crippen LogP contribution in [0.3, 0.4) is 0 Å². The summed E-state index contributed by atoms with van der Waals surface area (Å²) < 4.78 is 1.86. The lowest BCUT2D eigenvalue weighted by Gasteiger charge is -2.39. The van der Waals surface area contributed by atoms with Gasteiger partial charge in [0.2, 0.25) is 0 Å². The molecule has 0 aliphatic rings. The quantitative estimate of drug-likeness (QED) is 0.762. The number of rotatable bonds is 7. The van der Waals surface area contributed by atoms with Gasteiger partial charge >= 0.3 is 0 Å². The maximum atomic E-state index is 4.05. The molecule has 5 heteroatoms. The molecule has 0 aliphatic heterocycles. The van der Waals surface area contributed by atoms with Crippen LogP contribution in [0.2, 0.25) is 0 Å². The predicted molar refractivity (Wildman–Crippen MR) is 78.7 cm³/mol. The molecule has 18 heavy (non-hydrogen) atoms. The highest BCUT2D eigenvalue weighted by Gasteiger charge is 2.27. The standard InChI is InChI=1S/C13H26N4S/c1-7-13(18-16-9-8-14-15-16)12(6)17(10(2)3)11(4)5/h8-13H,7H2,1-6H3. The molecule has 1 heterocycles. The van der Waals surface area contributed by atoms with Gasteiger partial charge in [-0.1, -0.05) is 12.1 Å². The largest absolute Gasteiger partial charge is 0.295 e. The van der Waals surface area contributed by atoms with Crippen molar-refractivity contribution in [3.63, 3.8) is 0 Å². The van der Waals surface area contributed by atoms with Gasteiger partial charge in [-0.05, 0) is 53.0 Å². The summed E-state index contributed by atoms with van der Waals surface area (Å²) in [5.41, 5.74) is 0. The first-order valence-corrected chi connectivity index (χ1v) is 7.61. The molecule has 0 bridgehead atoms. The molecule has 1 aromatic heterocycles. The molecule has 2 unspecified atom stereocenters. The summed E-state index contributed by atoms with van der Waals surface area (Å²) in [6.07, 6.45) is 4.77. The molecule has 0 saturated heterocycles. The Kier molecular flexibility index (Phi) is 6.15. The van der Waals surface area contributed by atoms with E-state index in [0.717, 1.165) is 6.42 Å². The van der Waals surface area contributed by atoms with E-state index in [1.54, 1.807) is 18.1 Å². The van der Waals surface area contributed by atoms with Crippen LogP contribution in [0.4, 0.5) is 0 Å². The average Bonchev–Trinajstić information content (AvgIpc) is 2.77. The summed E-state index contributed by atoms with van der Waals surface area (Å²) >= 11 is 1.77. The minimum atomic E-state index is 0.518. The monoisotopic (exact) mass is 270 g/mol. The van der Waals surface area contributed by atoms with Crippen LogP contribution in [0.15, 0.2) is 12.4 Å². The number of aromatic nitrogens is 3. The van der Waals surface area contributed by atoms with Crippen molar-refractivity contribution < 1.29 is 0 Å². The molecule has 0 amide bonds. The van der Waals surface area contributed by atoms with Gasteiger partial charge in [0, 0.05) is 23.4 Å². The molecule has 0 spiro atoms. The Morgan fingerprint density at radius 3 is 2.17 bits per heavy atom. The van der Waals surface area contributed by atoms with E-state index in [1.807, 2.05) is 10.3 Å². The van der Waals surface area contributed by atoms with Gasteiger partial charge in [-0.3, -0.25) is 4.90 Å². The summed E-state index contributed by atoms with van der Waals surface area (Å²) in [4.78, 5) is 2.57. The number of hydrogen-bond donors (Lipinski definition) is 0. The summed E-state index contributed by atoms with van der Waals surface area (Å²) in [5.74, 6) is 0. The van der Waals surface area contributed by atoms with Crippen LogP contribution in [-0.4, -0.2) is 42.7 Å². The molecule has 0 radical (unpaired) electrons. The fourth-order valence-corrected chi connectivity index (χ4v) is 3.58. The Labute approximate surface area is 115 Å². The van der Waals surface area contributed by atoms with Crippen LogP contribution in [0.25, 0.3) is 0 Å². The molecule has 1 aromatic rings. The van der Waals surface area contributed by atoms with E-state index in [-0.39, 0.29) is 0 Å². The van der Waals surface area contributed by atoms with Crippen LogP contribution in [-0.2, 0) is 0 Å². The highest BCUT2D eigenvalue weighted by molar-refractivity contribution is 7.98. The lowest BCUT2D eigenvalue weighted by Crippen LogP contribution is -2.48. The zero-order valence-corrected chi connectivity index (χ0v) is 13.2. The fraction of sp³-hybridized carbons (Fsp3) is 0.846. The molecule has 1 rings (SSSR count). The molecular formula is C13H26N4S. The number of hydrogen-bond acceptors (Lipinski definition) is 4. The van der Waals surface area contributed by atoms with Crippen LogP contribution < -0.4 is 0 Å². The normalized spacial score (nSPS) is 15.6. The smallest absolute Gasteiger partial charge is 0.0704 e. The Hall–Kier alpha value is -0.550. The van der Waals surface area contributed by atoms with Crippen LogP contribution in [0.1, 0.15) is 48.0 Å². The molecule has 104 valence electrons. The van der Waals surface area contributed by atoms with Crippen molar-refractivity contribution in [2.45, 2.75) is 71.3 Å². The minimum absolute atomic E-state index is 0.518. The van der Waals surface area contributed by atoms with E-state index in [1.165, 1.54) is 0 Å². The minimum Gasteiger partial charge on any atom is -0.295 e. The molecule has 0 aliphatic carbocycles. The maximum Gasteiger partial charge on any atom is 0.0704 e. The first kappa shape index (κ1) is 15.5. The van der Waals surface area contributed by atoms with Gasteiger partial charge in [0.15, 0.2) is 0 Å². The topological polar surface area (TPSA) is 34.0 Å². The van der Waals surface area contributed by atoms with E-state index >= 15 is 0 Å². The SMILES string of the molecule is CCC(Sn1ccnn1)C(C)N(C(C)C)C(C)C. The third-order valence-electron chi connectivity index (χ3n) is 3.25. The first-order chi connectivity index (χ1) is 8.47. The highest BCUT2D eigenvalue weighted by Crippen LogP contribution is 2.25. The van der Waals surface area contributed by atoms with Gasteiger partial charge in [-0.2, -0.15) is 4.09 Å². The zero-order chi connectivity index (χ0) is 13.7. The molecule has 0 aromatic carbocycles. The second kappa shape index (κ2) is 7.14. The van der Waals surface area contributed by atoms with E-state index in [0.29, 0.717) is 23.4 Å². The van der Waals surface area contributed by atoms with Crippen molar-refractivity contribution in [1.29, 1.82) is 0 Å². The van der Waals surface area contributed by atoms with E-state index in [2.05, 4.69) is 56.8 Å². The predicted octanol–water partition coefficient (Wildman–Crippen LogP) is 3.06. The second-order valence-corrected chi connectivity index (χ2v) is 6.42.